The van der Waals surface area contributed by atoms with Crippen LogP contribution in [0.4, 0.5) is 0 Å². The van der Waals surface area contributed by atoms with E-state index in [0.29, 0.717) is 0 Å². The number of aliphatic hydroxyl groups is 14. The summed E-state index contributed by atoms with van der Waals surface area (Å²) in [6.07, 6.45) is -29.3. The van der Waals surface area contributed by atoms with Gasteiger partial charge in [-0.25, -0.2) is 4.68 Å². The molecule has 0 aliphatic carbocycles. The average molecular weight is 764 g/mol. The zero-order valence-corrected chi connectivity index (χ0v) is 27.4. The Morgan fingerprint density at radius 2 is 1.02 bits per heavy atom. The molecule has 0 bridgehead atoms. The zero-order chi connectivity index (χ0) is 37.3. The van der Waals surface area contributed by atoms with E-state index >= 15 is 0 Å². The van der Waals surface area contributed by atoms with Crippen LogP contribution in [-0.2, 0) is 34.2 Å². The first-order valence-electron chi connectivity index (χ1n) is 15.9. The first-order chi connectivity index (χ1) is 24.3. The van der Waals surface area contributed by atoms with Gasteiger partial charge in [-0.2, -0.15) is 0 Å². The van der Waals surface area contributed by atoms with Crippen LogP contribution in [0, 0.1) is 0 Å². The molecule has 14 N–H and O–H groups in total. The Morgan fingerprint density at radius 1 is 0.549 bits per heavy atom. The third kappa shape index (κ3) is 8.36. The number of aromatic nitrogens is 3. The quantitative estimate of drug-likeness (QED) is 0.0939. The van der Waals surface area contributed by atoms with Gasteiger partial charge in [-0.15, -0.1) is 16.9 Å². The van der Waals surface area contributed by atoms with Crippen molar-refractivity contribution in [2.75, 3.05) is 26.4 Å². The molecule has 5 rings (SSSR count). The molecule has 0 aromatic carbocycles. The molecule has 4 aliphatic heterocycles. The molecule has 5 heterocycles. The minimum Gasteiger partial charge on any atom is -0.394 e. The van der Waals surface area contributed by atoms with Crippen molar-refractivity contribution in [2.24, 2.45) is 0 Å². The summed E-state index contributed by atoms with van der Waals surface area (Å²) in [5, 5.41) is 151. The molecule has 294 valence electrons. The fourth-order valence-electron chi connectivity index (χ4n) is 6.15. The summed E-state index contributed by atoms with van der Waals surface area (Å²) in [6.45, 7) is -2.99. The Kier molecular flexibility index (Phi) is 14.0. The number of rotatable bonds is 12. The van der Waals surface area contributed by atoms with Crippen LogP contribution < -0.4 is 0 Å². The lowest BCUT2D eigenvalue weighted by Crippen LogP contribution is -2.64. The molecule has 0 amide bonds. The van der Waals surface area contributed by atoms with Crippen molar-refractivity contribution < 1.29 is 99.9 Å². The standard InChI is InChI=1S/C27H45N3O20S/c31-2-8-12(35)14(37)19(42)25(46-8)49-22-10(4-33)45-24(18(41)16(22)39)30-1-7(28-29-30)6-51-27-21(44)17(40)23(11(5-34)48-27)50-26-20(43)15(38)13(36)9(3-32)47-26/h1,8-27,31-44H,2-6H2/t8-,9+,10-,11+,12+,13-,14+,15-,16-,17+,18-,19-,20+,21+,22-,23+,24-,25+,26-,27-/m0/s1. The van der Waals surface area contributed by atoms with Crippen LogP contribution >= 0.6 is 11.8 Å². The van der Waals surface area contributed by atoms with Crippen LogP contribution in [0.15, 0.2) is 6.20 Å². The molecule has 0 saturated carbocycles. The van der Waals surface area contributed by atoms with E-state index in [2.05, 4.69) is 10.3 Å². The number of thioether (sulfide) groups is 1. The Labute approximate surface area is 292 Å². The molecule has 51 heavy (non-hydrogen) atoms. The maximum atomic E-state index is 10.9. The number of nitrogens with zero attached hydrogens (tertiary/aromatic N) is 3. The maximum absolute atomic E-state index is 10.9. The van der Waals surface area contributed by atoms with Crippen LogP contribution in [-0.4, -0.2) is 229 Å². The molecule has 1 aromatic heterocycles. The summed E-state index contributed by atoms with van der Waals surface area (Å²) in [5.41, 5.74) is -0.967. The maximum Gasteiger partial charge on any atom is 0.187 e. The van der Waals surface area contributed by atoms with E-state index in [9.17, 15) is 71.5 Å². The Hall–Kier alpha value is -1.31. The van der Waals surface area contributed by atoms with Crippen molar-refractivity contribution in [2.45, 2.75) is 128 Å². The highest BCUT2D eigenvalue weighted by atomic mass is 32.2. The topological polar surface area (TPSA) is 369 Å². The van der Waals surface area contributed by atoms with Crippen molar-refractivity contribution in [3.63, 3.8) is 0 Å². The minimum absolute atomic E-state index is 0.0392. The monoisotopic (exact) mass is 763 g/mol. The van der Waals surface area contributed by atoms with Gasteiger partial charge in [0.15, 0.2) is 18.8 Å². The number of hydrogen-bond acceptors (Lipinski definition) is 23. The van der Waals surface area contributed by atoms with Gasteiger partial charge in [0, 0.05) is 5.75 Å². The van der Waals surface area contributed by atoms with Crippen molar-refractivity contribution in [3.05, 3.63) is 11.9 Å². The smallest absolute Gasteiger partial charge is 0.187 e. The van der Waals surface area contributed by atoms with Gasteiger partial charge in [-0.05, 0) is 0 Å². The lowest BCUT2D eigenvalue weighted by Gasteiger charge is -2.46. The molecule has 23 nitrogen and oxygen atoms in total. The second-order valence-corrected chi connectivity index (χ2v) is 13.6. The second kappa shape index (κ2) is 17.4. The summed E-state index contributed by atoms with van der Waals surface area (Å²) in [5.74, 6) is -0.0392. The Bertz CT molecular complexity index is 1230. The summed E-state index contributed by atoms with van der Waals surface area (Å²) in [4.78, 5) is 0. The fourth-order valence-corrected chi connectivity index (χ4v) is 7.20. The lowest BCUT2D eigenvalue weighted by molar-refractivity contribution is -0.347. The number of hydrogen-bond donors (Lipinski definition) is 14. The van der Waals surface area contributed by atoms with E-state index in [1.54, 1.807) is 0 Å². The molecule has 0 unspecified atom stereocenters. The van der Waals surface area contributed by atoms with Gasteiger partial charge in [0.05, 0.1) is 38.3 Å². The van der Waals surface area contributed by atoms with E-state index < -0.39 is 148 Å². The zero-order valence-electron chi connectivity index (χ0n) is 26.6. The van der Waals surface area contributed by atoms with Gasteiger partial charge < -0.3 is 99.9 Å². The van der Waals surface area contributed by atoms with Crippen LogP contribution in [0.3, 0.4) is 0 Å². The van der Waals surface area contributed by atoms with E-state index in [4.69, 9.17) is 28.4 Å². The van der Waals surface area contributed by atoms with Crippen molar-refractivity contribution >= 4 is 11.8 Å². The van der Waals surface area contributed by atoms with E-state index in [-0.39, 0.29) is 11.4 Å². The molecule has 4 saturated heterocycles. The molecule has 0 spiro atoms. The van der Waals surface area contributed by atoms with Crippen molar-refractivity contribution in [1.29, 1.82) is 0 Å². The van der Waals surface area contributed by atoms with Gasteiger partial charge in [-0.3, -0.25) is 0 Å². The third-order valence-electron chi connectivity index (χ3n) is 9.15. The molecular formula is C27H45N3O20S. The average Bonchev–Trinajstić information content (AvgIpc) is 3.60. The predicted octanol–water partition coefficient (Wildman–Crippen LogP) is -9.07. The Morgan fingerprint density at radius 3 is 1.51 bits per heavy atom. The first kappa shape index (κ1) is 40.9. The first-order valence-corrected chi connectivity index (χ1v) is 17.0. The molecule has 24 heteroatoms. The van der Waals surface area contributed by atoms with Crippen LogP contribution in [0.5, 0.6) is 0 Å². The highest BCUT2D eigenvalue weighted by Crippen LogP contribution is 2.35. The highest BCUT2D eigenvalue weighted by Gasteiger charge is 2.52. The minimum atomic E-state index is -1.83. The number of aliphatic hydroxyl groups excluding tert-OH is 14. The van der Waals surface area contributed by atoms with Crippen molar-refractivity contribution in [3.8, 4) is 0 Å². The SMILES string of the molecule is OC[C@@H]1O[C@H](O[C@@H]2[C@@H](O)[C@H](O)[C@@H](n3cc(CS[C@@H]4O[C@H](CO)[C@@H](O[C@@H]5O[C@H](CO)[C@H](O)[C@H](O)[C@H]5O)[C@H](O)[C@H]4O)nn3)O[C@H]2CO)[C@@H](O)[C@H](O)[C@@H]1O. The predicted molar refractivity (Wildman–Crippen MR) is 159 cm³/mol. The molecule has 1 aromatic rings. The molecular weight excluding hydrogens is 718 g/mol. The summed E-state index contributed by atoms with van der Waals surface area (Å²) in [6, 6.07) is 0. The third-order valence-corrected chi connectivity index (χ3v) is 10.3. The summed E-state index contributed by atoms with van der Waals surface area (Å²) < 4.78 is 34.2. The molecule has 0 radical (unpaired) electrons. The van der Waals surface area contributed by atoms with E-state index in [1.165, 1.54) is 6.20 Å². The largest absolute Gasteiger partial charge is 0.394 e. The van der Waals surface area contributed by atoms with Gasteiger partial charge in [0.2, 0.25) is 0 Å². The molecule has 20 atom stereocenters. The summed E-state index contributed by atoms with van der Waals surface area (Å²) in [7, 11) is 0. The summed E-state index contributed by atoms with van der Waals surface area (Å²) >= 11 is 0.916. The van der Waals surface area contributed by atoms with Crippen molar-refractivity contribution in [1.82, 2.24) is 15.0 Å². The lowest BCUT2D eigenvalue weighted by atomic mass is 9.96. The highest BCUT2D eigenvalue weighted by molar-refractivity contribution is 7.99. The van der Waals surface area contributed by atoms with Crippen LogP contribution in [0.2, 0.25) is 0 Å². The molecule has 4 fully saturated rings. The van der Waals surface area contributed by atoms with E-state index in [1.807, 2.05) is 0 Å². The van der Waals surface area contributed by atoms with Gasteiger partial charge >= 0.3 is 0 Å². The van der Waals surface area contributed by atoms with Gasteiger partial charge in [0.25, 0.3) is 0 Å². The van der Waals surface area contributed by atoms with Gasteiger partial charge in [-0.1, -0.05) is 5.21 Å². The normalized spacial score (nSPS) is 48.1. The second-order valence-electron chi connectivity index (χ2n) is 12.5. The van der Waals surface area contributed by atoms with Gasteiger partial charge in [0.1, 0.15) is 103 Å². The van der Waals surface area contributed by atoms with E-state index in [0.717, 1.165) is 16.4 Å². The Balaban J connectivity index is 1.19. The van der Waals surface area contributed by atoms with Crippen LogP contribution in [0.1, 0.15) is 11.9 Å². The van der Waals surface area contributed by atoms with Crippen LogP contribution in [0.25, 0.3) is 0 Å². The fraction of sp³-hybridized carbons (Fsp3) is 0.926. The number of ether oxygens (including phenoxy) is 6. The molecule has 4 aliphatic rings.